The first-order chi connectivity index (χ1) is 14.9. The molecule has 1 aliphatic rings. The second kappa shape index (κ2) is 9.94. The van der Waals surface area contributed by atoms with Gasteiger partial charge in [-0.2, -0.15) is 0 Å². The van der Waals surface area contributed by atoms with Gasteiger partial charge in [-0.25, -0.2) is 4.39 Å². The molecule has 1 fully saturated rings. The van der Waals surface area contributed by atoms with Crippen LogP contribution in [0.15, 0.2) is 60.0 Å². The van der Waals surface area contributed by atoms with Crippen LogP contribution in [0.3, 0.4) is 0 Å². The van der Waals surface area contributed by atoms with E-state index >= 15 is 0 Å². The minimum absolute atomic E-state index is 0.151. The minimum Gasteiger partial charge on any atom is -0.493 e. The number of halogens is 1. The lowest BCUT2D eigenvalue weighted by atomic mass is 10.2. The monoisotopic (exact) mass is 442 g/mol. The number of rotatable bonds is 8. The summed E-state index contributed by atoms with van der Waals surface area (Å²) in [4.78, 5) is 37.7. The van der Waals surface area contributed by atoms with E-state index in [4.69, 9.17) is 9.47 Å². The first-order valence-corrected chi connectivity index (χ1v) is 9.95. The van der Waals surface area contributed by atoms with Gasteiger partial charge in [0.25, 0.3) is 17.1 Å². The Bertz CT molecular complexity index is 1050. The van der Waals surface area contributed by atoms with Gasteiger partial charge in [0.05, 0.1) is 12.0 Å². The number of imide groups is 1. The third-order valence-corrected chi connectivity index (χ3v) is 5.06. The molecule has 0 aromatic heterocycles. The minimum atomic E-state index is -0.423. The Morgan fingerprint density at radius 3 is 2.61 bits per heavy atom. The SMILES string of the molecule is C=CCN1C(=O)S/C(=C/c2ccc(OCC(=O)Nc3ccc(F)cc3)c(OC)c2)C1=O. The second-order valence-corrected chi connectivity index (χ2v) is 7.33. The van der Waals surface area contributed by atoms with Crippen molar-refractivity contribution in [2.75, 3.05) is 25.6 Å². The molecule has 2 aromatic carbocycles. The number of benzene rings is 2. The lowest BCUT2D eigenvalue weighted by molar-refractivity contribution is -0.122. The van der Waals surface area contributed by atoms with E-state index in [9.17, 15) is 18.8 Å². The number of methoxy groups -OCH3 is 1. The largest absolute Gasteiger partial charge is 0.493 e. The summed E-state index contributed by atoms with van der Waals surface area (Å²) in [7, 11) is 1.45. The van der Waals surface area contributed by atoms with Gasteiger partial charge in [0, 0.05) is 12.2 Å². The summed E-state index contributed by atoms with van der Waals surface area (Å²) in [6.07, 6.45) is 3.07. The van der Waals surface area contributed by atoms with Crippen molar-refractivity contribution in [1.29, 1.82) is 0 Å². The molecule has 3 amide bonds. The van der Waals surface area contributed by atoms with E-state index < -0.39 is 11.7 Å². The van der Waals surface area contributed by atoms with Crippen molar-refractivity contribution < 1.29 is 28.2 Å². The average Bonchev–Trinajstić information content (AvgIpc) is 3.02. The van der Waals surface area contributed by atoms with Crippen molar-refractivity contribution in [2.24, 2.45) is 0 Å². The number of anilines is 1. The lowest BCUT2D eigenvalue weighted by Crippen LogP contribution is -2.27. The van der Waals surface area contributed by atoms with Crippen LogP contribution in [-0.2, 0) is 9.59 Å². The molecule has 9 heteroatoms. The molecule has 0 spiro atoms. The fourth-order valence-electron chi connectivity index (χ4n) is 2.70. The van der Waals surface area contributed by atoms with Crippen molar-refractivity contribution >= 4 is 40.6 Å². The summed E-state index contributed by atoms with van der Waals surface area (Å²) in [6.45, 7) is 3.41. The van der Waals surface area contributed by atoms with Crippen LogP contribution in [0.5, 0.6) is 11.5 Å². The summed E-state index contributed by atoms with van der Waals surface area (Å²) in [5.41, 5.74) is 1.08. The molecule has 160 valence electrons. The van der Waals surface area contributed by atoms with Crippen LogP contribution in [0.1, 0.15) is 5.56 Å². The van der Waals surface area contributed by atoms with Crippen molar-refractivity contribution in [3.05, 3.63) is 71.4 Å². The molecule has 31 heavy (non-hydrogen) atoms. The zero-order chi connectivity index (χ0) is 22.4. The Morgan fingerprint density at radius 1 is 1.19 bits per heavy atom. The first-order valence-electron chi connectivity index (χ1n) is 9.14. The molecular weight excluding hydrogens is 423 g/mol. The summed E-state index contributed by atoms with van der Waals surface area (Å²) >= 11 is 0.852. The summed E-state index contributed by atoms with van der Waals surface area (Å²) in [6, 6.07) is 10.3. The molecule has 0 unspecified atom stereocenters. The third kappa shape index (κ3) is 5.52. The summed E-state index contributed by atoms with van der Waals surface area (Å²) < 4.78 is 23.8. The Hall–Kier alpha value is -3.59. The number of nitrogens with one attached hydrogen (secondary N) is 1. The van der Waals surface area contributed by atoms with Crippen LogP contribution in [-0.4, -0.2) is 42.2 Å². The Morgan fingerprint density at radius 2 is 1.94 bits per heavy atom. The summed E-state index contributed by atoms with van der Waals surface area (Å²) in [5, 5.41) is 2.24. The highest BCUT2D eigenvalue weighted by molar-refractivity contribution is 8.18. The molecule has 1 aliphatic heterocycles. The van der Waals surface area contributed by atoms with Gasteiger partial charge in [-0.3, -0.25) is 19.3 Å². The standard InChI is InChI=1S/C22H19FN2O5S/c1-3-10-25-21(27)19(31-22(25)28)12-14-4-9-17(18(11-14)29-2)30-13-20(26)24-16-7-5-15(23)6-8-16/h3-9,11-12H,1,10,13H2,2H3,(H,24,26)/b19-12+. The van der Waals surface area contributed by atoms with Gasteiger partial charge in [0.1, 0.15) is 5.82 Å². The van der Waals surface area contributed by atoms with E-state index in [1.165, 1.54) is 37.5 Å². The molecule has 7 nitrogen and oxygen atoms in total. The van der Waals surface area contributed by atoms with Crippen LogP contribution in [0.2, 0.25) is 0 Å². The molecule has 1 heterocycles. The van der Waals surface area contributed by atoms with E-state index in [0.29, 0.717) is 27.7 Å². The second-order valence-electron chi connectivity index (χ2n) is 6.34. The van der Waals surface area contributed by atoms with Gasteiger partial charge in [0.2, 0.25) is 0 Å². The highest BCUT2D eigenvalue weighted by Crippen LogP contribution is 2.34. The van der Waals surface area contributed by atoms with Gasteiger partial charge in [0.15, 0.2) is 18.1 Å². The molecule has 0 aliphatic carbocycles. The lowest BCUT2D eigenvalue weighted by Gasteiger charge is -2.12. The number of nitrogens with zero attached hydrogens (tertiary/aromatic N) is 1. The van der Waals surface area contributed by atoms with Crippen LogP contribution < -0.4 is 14.8 Å². The van der Waals surface area contributed by atoms with E-state index in [-0.39, 0.29) is 24.3 Å². The van der Waals surface area contributed by atoms with E-state index in [2.05, 4.69) is 11.9 Å². The fourth-order valence-corrected chi connectivity index (χ4v) is 3.55. The van der Waals surface area contributed by atoms with Gasteiger partial charge < -0.3 is 14.8 Å². The molecule has 1 saturated heterocycles. The van der Waals surface area contributed by atoms with Crippen molar-refractivity contribution in [3.63, 3.8) is 0 Å². The first kappa shape index (κ1) is 22.1. The molecular formula is C22H19FN2O5S. The zero-order valence-electron chi connectivity index (χ0n) is 16.6. The highest BCUT2D eigenvalue weighted by Gasteiger charge is 2.34. The maximum Gasteiger partial charge on any atom is 0.293 e. The molecule has 2 aromatic rings. The van der Waals surface area contributed by atoms with Crippen LogP contribution in [0, 0.1) is 5.82 Å². The Labute approximate surface area is 182 Å². The van der Waals surface area contributed by atoms with Crippen molar-refractivity contribution in [2.45, 2.75) is 0 Å². The Balaban J connectivity index is 1.66. The van der Waals surface area contributed by atoms with Gasteiger partial charge in [-0.1, -0.05) is 12.1 Å². The number of carbonyl (C=O) groups excluding carboxylic acids is 3. The van der Waals surface area contributed by atoms with Gasteiger partial charge >= 0.3 is 0 Å². The average molecular weight is 442 g/mol. The van der Waals surface area contributed by atoms with E-state index in [0.717, 1.165) is 16.7 Å². The normalized spacial score (nSPS) is 14.6. The number of ether oxygens (including phenoxy) is 2. The summed E-state index contributed by atoms with van der Waals surface area (Å²) in [5.74, 6) is -0.521. The molecule has 0 radical (unpaired) electrons. The number of amides is 3. The van der Waals surface area contributed by atoms with Gasteiger partial charge in [-0.15, -0.1) is 6.58 Å². The maximum absolute atomic E-state index is 12.9. The fraction of sp³-hybridized carbons (Fsp3) is 0.136. The quantitative estimate of drug-likeness (QED) is 0.490. The smallest absolute Gasteiger partial charge is 0.293 e. The maximum atomic E-state index is 12.9. The zero-order valence-corrected chi connectivity index (χ0v) is 17.4. The van der Waals surface area contributed by atoms with Crippen LogP contribution in [0.4, 0.5) is 14.9 Å². The van der Waals surface area contributed by atoms with E-state index in [1.54, 1.807) is 24.3 Å². The predicted molar refractivity (Wildman–Crippen MR) is 116 cm³/mol. The molecule has 3 rings (SSSR count). The molecule has 0 bridgehead atoms. The van der Waals surface area contributed by atoms with Crippen molar-refractivity contribution in [3.8, 4) is 11.5 Å². The molecule has 0 atom stereocenters. The number of carbonyl (C=O) groups is 3. The van der Waals surface area contributed by atoms with Gasteiger partial charge in [-0.05, 0) is 59.8 Å². The Kier molecular flexibility index (Phi) is 7.09. The van der Waals surface area contributed by atoms with Crippen molar-refractivity contribution in [1.82, 2.24) is 4.90 Å². The molecule has 0 saturated carbocycles. The third-order valence-electron chi connectivity index (χ3n) is 4.16. The number of hydrogen-bond donors (Lipinski definition) is 1. The predicted octanol–water partition coefficient (Wildman–Crippen LogP) is 4.07. The highest BCUT2D eigenvalue weighted by atomic mass is 32.2. The molecule has 1 N–H and O–H groups in total. The number of hydrogen-bond acceptors (Lipinski definition) is 6. The number of thioether (sulfide) groups is 1. The topological polar surface area (TPSA) is 84.9 Å². The van der Waals surface area contributed by atoms with Crippen LogP contribution in [0.25, 0.3) is 6.08 Å². The van der Waals surface area contributed by atoms with E-state index in [1.807, 2.05) is 0 Å². The van der Waals surface area contributed by atoms with Crippen LogP contribution >= 0.6 is 11.8 Å².